The molecule has 6 heteroatoms. The van der Waals surface area contributed by atoms with Crippen molar-refractivity contribution in [3.63, 3.8) is 0 Å². The second-order valence-electron chi connectivity index (χ2n) is 3.54. The molecule has 1 aliphatic rings. The summed E-state index contributed by atoms with van der Waals surface area (Å²) in [5.74, 6) is 1.09. The van der Waals surface area contributed by atoms with Crippen LogP contribution in [0.2, 0.25) is 0 Å². The Hall–Kier alpha value is -1.82. The maximum Gasteiger partial charge on any atom is 0.253 e. The van der Waals surface area contributed by atoms with E-state index in [4.69, 9.17) is 21.7 Å². The lowest BCUT2D eigenvalue weighted by molar-refractivity contribution is -0.120. The van der Waals surface area contributed by atoms with Crippen molar-refractivity contribution < 1.29 is 14.3 Å². The van der Waals surface area contributed by atoms with Crippen molar-refractivity contribution in [2.24, 2.45) is 0 Å². The van der Waals surface area contributed by atoms with E-state index in [9.17, 15) is 4.79 Å². The number of carbonyl (C=O) groups excluding carboxylic acids is 1. The van der Waals surface area contributed by atoms with Crippen molar-refractivity contribution in [1.29, 1.82) is 0 Å². The zero-order valence-electron chi connectivity index (χ0n) is 9.44. The largest absolute Gasteiger partial charge is 0.497 e. The molecule has 1 fully saturated rings. The van der Waals surface area contributed by atoms with Crippen molar-refractivity contribution in [3.8, 4) is 11.5 Å². The molecule has 1 unspecified atom stereocenters. The van der Waals surface area contributed by atoms with Crippen LogP contribution in [-0.2, 0) is 4.79 Å². The molecule has 0 aromatic heterocycles. The molecule has 0 radical (unpaired) electrons. The SMILES string of the molecule is COc1cc(OC)cc(C2NC(=S)NC2=O)c1. The van der Waals surface area contributed by atoms with Gasteiger partial charge in [-0.3, -0.25) is 4.79 Å². The number of carbonyl (C=O) groups is 1. The number of benzene rings is 1. The molecule has 1 heterocycles. The van der Waals surface area contributed by atoms with Crippen LogP contribution in [-0.4, -0.2) is 25.2 Å². The van der Waals surface area contributed by atoms with Crippen LogP contribution < -0.4 is 20.1 Å². The molecule has 1 amide bonds. The van der Waals surface area contributed by atoms with Crippen molar-refractivity contribution in [3.05, 3.63) is 23.8 Å². The average Bonchev–Trinajstić information content (AvgIpc) is 2.67. The molecule has 0 aliphatic carbocycles. The molecule has 5 nitrogen and oxygen atoms in total. The summed E-state index contributed by atoms with van der Waals surface area (Å²) >= 11 is 4.89. The Labute approximate surface area is 104 Å². The van der Waals surface area contributed by atoms with Crippen LogP contribution in [0.4, 0.5) is 0 Å². The minimum absolute atomic E-state index is 0.176. The first-order chi connectivity index (χ1) is 8.13. The minimum atomic E-state index is -0.494. The van der Waals surface area contributed by atoms with E-state index in [2.05, 4.69) is 10.6 Å². The van der Waals surface area contributed by atoms with E-state index in [-0.39, 0.29) is 5.91 Å². The summed E-state index contributed by atoms with van der Waals surface area (Å²) < 4.78 is 10.3. The van der Waals surface area contributed by atoms with E-state index in [0.29, 0.717) is 16.6 Å². The summed E-state index contributed by atoms with van der Waals surface area (Å²) in [6.07, 6.45) is 0. The van der Waals surface area contributed by atoms with Crippen LogP contribution in [0.1, 0.15) is 11.6 Å². The number of hydrogen-bond acceptors (Lipinski definition) is 4. The summed E-state index contributed by atoms with van der Waals surface area (Å²) in [5, 5.41) is 5.76. The molecule has 90 valence electrons. The van der Waals surface area contributed by atoms with Gasteiger partial charge >= 0.3 is 0 Å². The predicted octanol–water partition coefficient (Wildman–Crippen LogP) is 0.749. The highest BCUT2D eigenvalue weighted by molar-refractivity contribution is 7.80. The van der Waals surface area contributed by atoms with Gasteiger partial charge in [0.15, 0.2) is 5.11 Å². The van der Waals surface area contributed by atoms with E-state index in [1.54, 1.807) is 32.4 Å². The third kappa shape index (κ3) is 2.31. The summed E-state index contributed by atoms with van der Waals surface area (Å²) in [6, 6.07) is 4.79. The number of nitrogens with one attached hydrogen (secondary N) is 2. The van der Waals surface area contributed by atoms with Crippen LogP contribution in [0.5, 0.6) is 11.5 Å². The molecule has 17 heavy (non-hydrogen) atoms. The number of thiocarbonyl (C=S) groups is 1. The smallest absolute Gasteiger partial charge is 0.253 e. The fraction of sp³-hybridized carbons (Fsp3) is 0.273. The van der Waals surface area contributed by atoms with Crippen molar-refractivity contribution in [2.45, 2.75) is 6.04 Å². The Morgan fingerprint density at radius 2 is 1.76 bits per heavy atom. The Bertz CT molecular complexity index is 454. The van der Waals surface area contributed by atoms with E-state index in [0.717, 1.165) is 5.56 Å². The third-order valence-electron chi connectivity index (χ3n) is 2.48. The van der Waals surface area contributed by atoms with Crippen LogP contribution in [0, 0.1) is 0 Å². The molecular formula is C11H12N2O3S. The van der Waals surface area contributed by atoms with Crippen LogP contribution in [0.3, 0.4) is 0 Å². The van der Waals surface area contributed by atoms with Gasteiger partial charge < -0.3 is 20.1 Å². The molecule has 1 saturated heterocycles. The molecule has 0 spiro atoms. The lowest BCUT2D eigenvalue weighted by Crippen LogP contribution is -2.21. The monoisotopic (exact) mass is 252 g/mol. The molecule has 1 aromatic carbocycles. The fourth-order valence-corrected chi connectivity index (χ4v) is 1.87. The molecule has 0 saturated carbocycles. The first kappa shape index (κ1) is 11.7. The Balaban J connectivity index is 2.37. The summed E-state index contributed by atoms with van der Waals surface area (Å²) in [6.45, 7) is 0. The second kappa shape index (κ2) is 4.58. The van der Waals surface area contributed by atoms with Gasteiger partial charge in [0.2, 0.25) is 0 Å². The average molecular weight is 252 g/mol. The van der Waals surface area contributed by atoms with E-state index >= 15 is 0 Å². The first-order valence-corrected chi connectivity index (χ1v) is 5.39. The van der Waals surface area contributed by atoms with Gasteiger partial charge in [0, 0.05) is 6.07 Å². The van der Waals surface area contributed by atoms with Gasteiger partial charge in [-0.15, -0.1) is 0 Å². The maximum absolute atomic E-state index is 11.6. The van der Waals surface area contributed by atoms with Crippen LogP contribution >= 0.6 is 12.2 Å². The summed E-state index contributed by atoms with van der Waals surface area (Å²) in [7, 11) is 3.12. The number of amides is 1. The standard InChI is InChI=1S/C11H12N2O3S/c1-15-7-3-6(4-8(5-7)16-2)9-10(14)13-11(17)12-9/h3-5,9H,1-2H3,(H2,12,13,14,17). The summed E-state index contributed by atoms with van der Waals surface area (Å²) in [5.41, 5.74) is 0.749. The van der Waals surface area contributed by atoms with E-state index in [1.807, 2.05) is 0 Å². The molecule has 1 atom stereocenters. The van der Waals surface area contributed by atoms with Gasteiger partial charge in [0.25, 0.3) is 5.91 Å². The van der Waals surface area contributed by atoms with Crippen molar-refractivity contribution in [2.75, 3.05) is 14.2 Å². The third-order valence-corrected chi connectivity index (χ3v) is 2.70. The van der Waals surface area contributed by atoms with Crippen molar-refractivity contribution in [1.82, 2.24) is 10.6 Å². The highest BCUT2D eigenvalue weighted by Gasteiger charge is 2.29. The Morgan fingerprint density at radius 1 is 1.18 bits per heavy atom. The summed E-state index contributed by atoms with van der Waals surface area (Å²) in [4.78, 5) is 11.6. The zero-order chi connectivity index (χ0) is 12.4. The molecule has 0 bridgehead atoms. The van der Waals surface area contributed by atoms with Gasteiger partial charge in [-0.1, -0.05) is 0 Å². The maximum atomic E-state index is 11.6. The zero-order valence-corrected chi connectivity index (χ0v) is 10.3. The molecular weight excluding hydrogens is 240 g/mol. The molecule has 2 N–H and O–H groups in total. The highest BCUT2D eigenvalue weighted by Crippen LogP contribution is 2.27. The molecule has 1 aromatic rings. The Morgan fingerprint density at radius 3 is 2.18 bits per heavy atom. The van der Waals surface area contributed by atoms with Gasteiger partial charge in [0.1, 0.15) is 17.5 Å². The van der Waals surface area contributed by atoms with E-state index in [1.165, 1.54) is 0 Å². The quantitative estimate of drug-likeness (QED) is 0.777. The number of ether oxygens (including phenoxy) is 2. The van der Waals surface area contributed by atoms with Gasteiger partial charge in [-0.25, -0.2) is 0 Å². The van der Waals surface area contributed by atoms with Crippen molar-refractivity contribution >= 4 is 23.2 Å². The minimum Gasteiger partial charge on any atom is -0.497 e. The molecule has 2 rings (SSSR count). The lowest BCUT2D eigenvalue weighted by Gasteiger charge is -2.12. The number of methoxy groups -OCH3 is 2. The van der Waals surface area contributed by atoms with Crippen LogP contribution in [0.25, 0.3) is 0 Å². The molecule has 1 aliphatic heterocycles. The highest BCUT2D eigenvalue weighted by atomic mass is 32.1. The first-order valence-electron chi connectivity index (χ1n) is 4.98. The van der Waals surface area contributed by atoms with Gasteiger partial charge in [-0.05, 0) is 29.9 Å². The number of hydrogen-bond donors (Lipinski definition) is 2. The lowest BCUT2D eigenvalue weighted by atomic mass is 10.1. The van der Waals surface area contributed by atoms with E-state index < -0.39 is 6.04 Å². The number of rotatable bonds is 3. The fourth-order valence-electron chi connectivity index (χ4n) is 1.65. The second-order valence-corrected chi connectivity index (χ2v) is 3.95. The van der Waals surface area contributed by atoms with Gasteiger partial charge in [-0.2, -0.15) is 0 Å². The Kier molecular flexibility index (Phi) is 3.14. The predicted molar refractivity (Wildman–Crippen MR) is 66.2 cm³/mol. The topological polar surface area (TPSA) is 59.6 Å². The van der Waals surface area contributed by atoms with Crippen LogP contribution in [0.15, 0.2) is 18.2 Å². The normalized spacial score (nSPS) is 18.6. The van der Waals surface area contributed by atoms with Gasteiger partial charge in [0.05, 0.1) is 14.2 Å².